The molecule has 5 heteroatoms. The van der Waals surface area contributed by atoms with E-state index in [2.05, 4.69) is 29.3 Å². The normalized spacial score (nSPS) is 12.8. The first-order chi connectivity index (χ1) is 12.7. The maximum Gasteiger partial charge on any atom is 0.234 e. The topological polar surface area (TPSA) is 50.8 Å². The van der Waals surface area contributed by atoms with Gasteiger partial charge in [0.25, 0.3) is 0 Å². The lowest BCUT2D eigenvalue weighted by atomic mass is 10.1. The SMILES string of the molecule is CCN(CC(=O)NCCc1ccc2c(c1)OCCO2)Cc1ccccc1. The Hall–Kier alpha value is -2.53. The van der Waals surface area contributed by atoms with E-state index in [1.54, 1.807) is 0 Å². The van der Waals surface area contributed by atoms with E-state index >= 15 is 0 Å². The zero-order chi connectivity index (χ0) is 18.2. The zero-order valence-corrected chi connectivity index (χ0v) is 15.2. The summed E-state index contributed by atoms with van der Waals surface area (Å²) in [5.74, 6) is 1.64. The minimum absolute atomic E-state index is 0.0559. The molecule has 1 heterocycles. The lowest BCUT2D eigenvalue weighted by molar-refractivity contribution is -0.122. The van der Waals surface area contributed by atoms with E-state index in [1.165, 1.54) is 5.56 Å². The van der Waals surface area contributed by atoms with Crippen molar-refractivity contribution in [2.24, 2.45) is 0 Å². The van der Waals surface area contributed by atoms with E-state index < -0.39 is 0 Å². The molecular weight excluding hydrogens is 328 g/mol. The van der Waals surface area contributed by atoms with Crippen LogP contribution in [-0.2, 0) is 17.8 Å². The van der Waals surface area contributed by atoms with Crippen molar-refractivity contribution in [2.75, 3.05) is 32.8 Å². The van der Waals surface area contributed by atoms with Gasteiger partial charge in [0.05, 0.1) is 6.54 Å². The number of ether oxygens (including phenoxy) is 2. The van der Waals surface area contributed by atoms with Crippen LogP contribution in [0.2, 0.25) is 0 Å². The summed E-state index contributed by atoms with van der Waals surface area (Å²) in [6.45, 7) is 5.90. The van der Waals surface area contributed by atoms with Crippen molar-refractivity contribution in [3.8, 4) is 11.5 Å². The van der Waals surface area contributed by atoms with Gasteiger partial charge in [-0.3, -0.25) is 9.69 Å². The Labute approximate surface area is 154 Å². The highest BCUT2D eigenvalue weighted by molar-refractivity contribution is 5.78. The summed E-state index contributed by atoms with van der Waals surface area (Å²) in [6.07, 6.45) is 0.771. The Kier molecular flexibility index (Phi) is 6.50. The van der Waals surface area contributed by atoms with Crippen LogP contribution in [0.15, 0.2) is 48.5 Å². The molecule has 5 nitrogen and oxygen atoms in total. The Morgan fingerprint density at radius 1 is 1.04 bits per heavy atom. The van der Waals surface area contributed by atoms with Gasteiger partial charge < -0.3 is 14.8 Å². The molecule has 2 aromatic rings. The number of hydrogen-bond donors (Lipinski definition) is 1. The van der Waals surface area contributed by atoms with E-state index in [9.17, 15) is 4.79 Å². The van der Waals surface area contributed by atoms with Crippen LogP contribution in [-0.4, -0.2) is 43.7 Å². The lowest BCUT2D eigenvalue weighted by Gasteiger charge is -2.20. The average Bonchev–Trinajstić information content (AvgIpc) is 2.68. The number of likely N-dealkylation sites (N-methyl/N-ethyl adjacent to an activating group) is 1. The highest BCUT2D eigenvalue weighted by Crippen LogP contribution is 2.30. The van der Waals surface area contributed by atoms with E-state index in [1.807, 2.05) is 36.4 Å². The molecular formula is C21H26N2O3. The van der Waals surface area contributed by atoms with Gasteiger partial charge in [-0.25, -0.2) is 0 Å². The molecule has 0 fully saturated rings. The number of nitrogens with zero attached hydrogens (tertiary/aromatic N) is 1. The molecule has 1 N–H and O–H groups in total. The van der Waals surface area contributed by atoms with Crippen LogP contribution in [0.25, 0.3) is 0 Å². The number of fused-ring (bicyclic) bond motifs is 1. The highest BCUT2D eigenvalue weighted by atomic mass is 16.6. The highest BCUT2D eigenvalue weighted by Gasteiger charge is 2.12. The Balaban J connectivity index is 1.43. The van der Waals surface area contributed by atoms with E-state index in [0.717, 1.165) is 36.6 Å². The van der Waals surface area contributed by atoms with Gasteiger partial charge in [0.15, 0.2) is 11.5 Å². The van der Waals surface area contributed by atoms with Crippen LogP contribution in [0.5, 0.6) is 11.5 Å². The van der Waals surface area contributed by atoms with Crippen molar-refractivity contribution in [2.45, 2.75) is 19.9 Å². The molecule has 1 amide bonds. The maximum atomic E-state index is 12.2. The number of amides is 1. The van der Waals surface area contributed by atoms with Crippen LogP contribution in [0.4, 0.5) is 0 Å². The van der Waals surface area contributed by atoms with E-state index in [0.29, 0.717) is 26.3 Å². The molecule has 0 spiro atoms. The quantitative estimate of drug-likeness (QED) is 0.792. The molecule has 138 valence electrons. The number of hydrogen-bond acceptors (Lipinski definition) is 4. The molecule has 0 saturated carbocycles. The van der Waals surface area contributed by atoms with Gasteiger partial charge >= 0.3 is 0 Å². The third-order valence-corrected chi connectivity index (χ3v) is 4.41. The molecule has 0 saturated heterocycles. The number of nitrogens with one attached hydrogen (secondary N) is 1. The second kappa shape index (κ2) is 9.25. The van der Waals surface area contributed by atoms with Crippen molar-refractivity contribution >= 4 is 5.91 Å². The third-order valence-electron chi connectivity index (χ3n) is 4.41. The van der Waals surface area contributed by atoms with E-state index in [-0.39, 0.29) is 5.91 Å². The average molecular weight is 354 g/mol. The van der Waals surface area contributed by atoms with Crippen molar-refractivity contribution in [3.05, 3.63) is 59.7 Å². The Morgan fingerprint density at radius 3 is 2.58 bits per heavy atom. The molecule has 1 aliphatic heterocycles. The fourth-order valence-corrected chi connectivity index (χ4v) is 2.97. The summed E-state index contributed by atoms with van der Waals surface area (Å²) < 4.78 is 11.1. The number of rotatable bonds is 8. The summed E-state index contributed by atoms with van der Waals surface area (Å²) in [5.41, 5.74) is 2.35. The van der Waals surface area contributed by atoms with Crippen LogP contribution in [0.1, 0.15) is 18.1 Å². The van der Waals surface area contributed by atoms with Gasteiger partial charge in [0.2, 0.25) is 5.91 Å². The van der Waals surface area contributed by atoms with Crippen LogP contribution in [0.3, 0.4) is 0 Å². The minimum Gasteiger partial charge on any atom is -0.486 e. The standard InChI is InChI=1S/C21H26N2O3/c1-2-23(15-18-6-4-3-5-7-18)16-21(24)22-11-10-17-8-9-19-20(14-17)26-13-12-25-19/h3-9,14H,2,10-13,15-16H2,1H3,(H,22,24). The molecule has 3 rings (SSSR count). The summed E-state index contributed by atoms with van der Waals surface area (Å²) >= 11 is 0. The second-order valence-corrected chi connectivity index (χ2v) is 6.37. The molecule has 26 heavy (non-hydrogen) atoms. The van der Waals surface area contributed by atoms with Gasteiger partial charge in [-0.2, -0.15) is 0 Å². The monoisotopic (exact) mass is 354 g/mol. The summed E-state index contributed by atoms with van der Waals surface area (Å²) in [6, 6.07) is 16.2. The fourth-order valence-electron chi connectivity index (χ4n) is 2.97. The lowest BCUT2D eigenvalue weighted by Crippen LogP contribution is -2.37. The van der Waals surface area contributed by atoms with Crippen LogP contribution < -0.4 is 14.8 Å². The predicted molar refractivity (Wildman–Crippen MR) is 102 cm³/mol. The molecule has 0 radical (unpaired) electrons. The summed E-state index contributed by atoms with van der Waals surface area (Å²) in [4.78, 5) is 14.4. The van der Waals surface area contributed by atoms with Gasteiger partial charge in [-0.15, -0.1) is 0 Å². The largest absolute Gasteiger partial charge is 0.486 e. The first-order valence-electron chi connectivity index (χ1n) is 9.16. The maximum absolute atomic E-state index is 12.2. The predicted octanol–water partition coefficient (Wildman–Crippen LogP) is 2.64. The summed E-state index contributed by atoms with van der Waals surface area (Å²) in [7, 11) is 0. The van der Waals surface area contributed by atoms with Crippen LogP contribution in [0, 0.1) is 0 Å². The molecule has 0 aromatic heterocycles. The fraction of sp³-hybridized carbons (Fsp3) is 0.381. The molecule has 0 unspecified atom stereocenters. The Bertz CT molecular complexity index is 718. The number of carbonyl (C=O) groups is 1. The zero-order valence-electron chi connectivity index (χ0n) is 15.2. The first-order valence-corrected chi connectivity index (χ1v) is 9.16. The van der Waals surface area contributed by atoms with Gasteiger partial charge in [0.1, 0.15) is 13.2 Å². The number of benzene rings is 2. The van der Waals surface area contributed by atoms with Crippen molar-refractivity contribution < 1.29 is 14.3 Å². The minimum atomic E-state index is 0.0559. The van der Waals surface area contributed by atoms with Crippen molar-refractivity contribution in [1.82, 2.24) is 10.2 Å². The smallest absolute Gasteiger partial charge is 0.234 e. The molecule has 0 atom stereocenters. The molecule has 2 aromatic carbocycles. The van der Waals surface area contributed by atoms with Crippen LogP contribution >= 0.6 is 0 Å². The first kappa shape index (κ1) is 18.3. The summed E-state index contributed by atoms with van der Waals surface area (Å²) in [5, 5.41) is 3.01. The Morgan fingerprint density at radius 2 is 1.81 bits per heavy atom. The molecule has 1 aliphatic rings. The van der Waals surface area contributed by atoms with Crippen molar-refractivity contribution in [3.63, 3.8) is 0 Å². The van der Waals surface area contributed by atoms with Gasteiger partial charge in [-0.1, -0.05) is 43.3 Å². The van der Waals surface area contributed by atoms with Gasteiger partial charge in [0, 0.05) is 13.1 Å². The molecule has 0 aliphatic carbocycles. The van der Waals surface area contributed by atoms with Gasteiger partial charge in [-0.05, 0) is 36.2 Å². The third kappa shape index (κ3) is 5.23. The second-order valence-electron chi connectivity index (χ2n) is 6.37. The molecule has 0 bridgehead atoms. The van der Waals surface area contributed by atoms with Crippen molar-refractivity contribution in [1.29, 1.82) is 0 Å². The van der Waals surface area contributed by atoms with E-state index in [4.69, 9.17) is 9.47 Å². The number of carbonyl (C=O) groups excluding carboxylic acids is 1.